The molecule has 0 bridgehead atoms. The van der Waals surface area contributed by atoms with Gasteiger partial charge in [0.15, 0.2) is 0 Å². The number of rotatable bonds is 20. The van der Waals surface area contributed by atoms with Crippen LogP contribution in [0.15, 0.2) is 0 Å². The molecular formula is C24H46O6Sn. The zero-order chi connectivity index (χ0) is 23.4. The van der Waals surface area contributed by atoms with Crippen LogP contribution in [0, 0.1) is 0 Å². The van der Waals surface area contributed by atoms with Gasteiger partial charge in [0.1, 0.15) is 0 Å². The fraction of sp³-hybridized carbons (Fsp3) is 0.875. The van der Waals surface area contributed by atoms with Crippen LogP contribution in [0.1, 0.15) is 130 Å². The SMILES string of the molecule is CCCCC[CH2][Sn]([O]C(=O)CCCCC)([O]C(=O)CCCCC)[O]C(=O)CCCCC. The van der Waals surface area contributed by atoms with Crippen LogP contribution in [-0.4, -0.2) is 37.5 Å². The fourth-order valence-corrected chi connectivity index (χ4v) is 10.2. The third-order valence-electron chi connectivity index (χ3n) is 5.10. The van der Waals surface area contributed by atoms with Gasteiger partial charge in [-0.2, -0.15) is 0 Å². The van der Waals surface area contributed by atoms with Crippen molar-refractivity contribution in [3.63, 3.8) is 0 Å². The molecule has 0 atom stereocenters. The van der Waals surface area contributed by atoms with Crippen LogP contribution in [0.2, 0.25) is 4.44 Å². The summed E-state index contributed by atoms with van der Waals surface area (Å²) in [6.45, 7) is 8.32. The summed E-state index contributed by atoms with van der Waals surface area (Å²) in [5.41, 5.74) is 0. The molecule has 0 spiro atoms. The summed E-state index contributed by atoms with van der Waals surface area (Å²) in [5, 5.41) is 0. The monoisotopic (exact) mass is 550 g/mol. The molecule has 6 nitrogen and oxygen atoms in total. The molecule has 31 heavy (non-hydrogen) atoms. The van der Waals surface area contributed by atoms with Crippen LogP contribution >= 0.6 is 0 Å². The van der Waals surface area contributed by atoms with Crippen LogP contribution in [0.5, 0.6) is 0 Å². The van der Waals surface area contributed by atoms with E-state index in [0.717, 1.165) is 83.5 Å². The molecule has 0 unspecified atom stereocenters. The maximum absolute atomic E-state index is 12.6. The van der Waals surface area contributed by atoms with Gasteiger partial charge >= 0.3 is 196 Å². The third-order valence-corrected chi connectivity index (χ3v) is 12.5. The van der Waals surface area contributed by atoms with Crippen molar-refractivity contribution in [3.05, 3.63) is 0 Å². The van der Waals surface area contributed by atoms with Crippen molar-refractivity contribution in [3.8, 4) is 0 Å². The van der Waals surface area contributed by atoms with Crippen LogP contribution < -0.4 is 0 Å². The van der Waals surface area contributed by atoms with Crippen LogP contribution in [0.4, 0.5) is 0 Å². The first-order valence-corrected chi connectivity index (χ1v) is 18.1. The van der Waals surface area contributed by atoms with E-state index in [9.17, 15) is 14.4 Å². The van der Waals surface area contributed by atoms with E-state index in [4.69, 9.17) is 9.22 Å². The second-order valence-electron chi connectivity index (χ2n) is 8.29. The first-order chi connectivity index (χ1) is 14.9. The third kappa shape index (κ3) is 16.5. The Balaban J connectivity index is 5.37. The van der Waals surface area contributed by atoms with Crippen LogP contribution in [0.3, 0.4) is 0 Å². The van der Waals surface area contributed by atoms with Gasteiger partial charge in [0, 0.05) is 0 Å². The summed E-state index contributed by atoms with van der Waals surface area (Å²) in [5.74, 6) is -1.20. The second kappa shape index (κ2) is 19.9. The number of carbonyl (C=O) groups is 3. The van der Waals surface area contributed by atoms with Gasteiger partial charge in [0.2, 0.25) is 0 Å². The molecule has 0 fully saturated rings. The number of hydrogen-bond donors (Lipinski definition) is 0. The molecule has 0 aromatic heterocycles. The van der Waals surface area contributed by atoms with E-state index in [1.54, 1.807) is 0 Å². The molecule has 0 heterocycles. The Kier molecular flexibility index (Phi) is 19.4. The standard InChI is InChI=1S/3C6H12O2.C6H13.Sn/c3*1-2-3-4-5-6(7)8;1-3-5-6-4-2;/h3*2-5H2,1H3,(H,7,8);1,3-6H2,2H3;/q;;;;+3/p-3. The normalized spacial score (nSPS) is 11.2. The van der Waals surface area contributed by atoms with Gasteiger partial charge in [0.05, 0.1) is 0 Å². The van der Waals surface area contributed by atoms with E-state index in [1.807, 2.05) is 0 Å². The van der Waals surface area contributed by atoms with Gasteiger partial charge in [-0.15, -0.1) is 0 Å². The summed E-state index contributed by atoms with van der Waals surface area (Å²) >= 11 is -4.70. The minimum absolute atomic E-state index is 0.266. The Morgan fingerprint density at radius 3 is 1.13 bits per heavy atom. The first-order valence-electron chi connectivity index (χ1n) is 12.6. The number of unbranched alkanes of at least 4 members (excludes halogenated alkanes) is 9. The Bertz CT molecular complexity index is 435. The van der Waals surface area contributed by atoms with Gasteiger partial charge in [-0.25, -0.2) is 0 Å². The summed E-state index contributed by atoms with van der Waals surface area (Å²) in [6, 6.07) is 0. The van der Waals surface area contributed by atoms with E-state index in [0.29, 0.717) is 4.44 Å². The van der Waals surface area contributed by atoms with Gasteiger partial charge in [-0.1, -0.05) is 0 Å². The minimum atomic E-state index is -4.70. The zero-order valence-electron chi connectivity index (χ0n) is 20.5. The van der Waals surface area contributed by atoms with Gasteiger partial charge < -0.3 is 0 Å². The van der Waals surface area contributed by atoms with Crippen molar-refractivity contribution in [2.24, 2.45) is 0 Å². The Morgan fingerprint density at radius 1 is 0.484 bits per heavy atom. The van der Waals surface area contributed by atoms with E-state index in [2.05, 4.69) is 27.7 Å². The molecule has 0 saturated heterocycles. The van der Waals surface area contributed by atoms with E-state index >= 15 is 0 Å². The van der Waals surface area contributed by atoms with Crippen molar-refractivity contribution in [2.75, 3.05) is 0 Å². The van der Waals surface area contributed by atoms with Crippen molar-refractivity contribution in [1.29, 1.82) is 0 Å². The quantitative estimate of drug-likeness (QED) is 0.122. The maximum atomic E-state index is 12.6. The molecule has 0 aromatic rings. The molecule has 0 saturated carbocycles. The van der Waals surface area contributed by atoms with Crippen molar-refractivity contribution >= 4 is 37.5 Å². The van der Waals surface area contributed by atoms with Crippen LogP contribution in [0.25, 0.3) is 0 Å². The van der Waals surface area contributed by atoms with E-state index in [-0.39, 0.29) is 19.3 Å². The first kappa shape index (κ1) is 30.2. The van der Waals surface area contributed by atoms with E-state index < -0.39 is 37.5 Å². The average molecular weight is 549 g/mol. The predicted molar refractivity (Wildman–Crippen MR) is 125 cm³/mol. The van der Waals surface area contributed by atoms with Crippen molar-refractivity contribution in [1.82, 2.24) is 0 Å². The molecule has 0 radical (unpaired) electrons. The summed E-state index contributed by atoms with van der Waals surface area (Å²) in [4.78, 5) is 37.7. The van der Waals surface area contributed by atoms with Crippen molar-refractivity contribution < 1.29 is 23.6 Å². The molecule has 0 rings (SSSR count). The fourth-order valence-electron chi connectivity index (χ4n) is 3.22. The molecule has 0 aliphatic carbocycles. The van der Waals surface area contributed by atoms with Crippen LogP contribution in [-0.2, 0) is 23.6 Å². The average Bonchev–Trinajstić information content (AvgIpc) is 2.72. The number of carbonyl (C=O) groups excluding carboxylic acids is 3. The predicted octanol–water partition coefficient (Wildman–Crippen LogP) is 6.88. The molecule has 0 amide bonds. The molecule has 0 aromatic carbocycles. The van der Waals surface area contributed by atoms with E-state index in [1.165, 1.54) is 0 Å². The second-order valence-corrected chi connectivity index (χ2v) is 15.4. The van der Waals surface area contributed by atoms with Gasteiger partial charge in [-0.05, 0) is 0 Å². The molecule has 0 aliphatic rings. The van der Waals surface area contributed by atoms with Gasteiger partial charge in [0.25, 0.3) is 0 Å². The van der Waals surface area contributed by atoms with Crippen molar-refractivity contribution in [2.45, 2.75) is 135 Å². The summed E-state index contributed by atoms with van der Waals surface area (Å²) in [7, 11) is 0. The molecule has 7 heteroatoms. The topological polar surface area (TPSA) is 78.9 Å². The molecule has 182 valence electrons. The zero-order valence-corrected chi connectivity index (χ0v) is 23.3. The van der Waals surface area contributed by atoms with Gasteiger partial charge in [-0.3, -0.25) is 0 Å². The molecule has 0 aliphatic heterocycles. The number of hydrogen-bond acceptors (Lipinski definition) is 6. The molecular weight excluding hydrogens is 503 g/mol. The Hall–Kier alpha value is -0.791. The summed E-state index contributed by atoms with van der Waals surface area (Å²) < 4.78 is 17.8. The Morgan fingerprint density at radius 2 is 0.806 bits per heavy atom. The summed E-state index contributed by atoms with van der Waals surface area (Å²) in [6.07, 6.45) is 12.5. The Labute approximate surface area is 195 Å². The molecule has 0 N–H and O–H groups in total.